The molecule has 3 aromatic rings. The molecule has 0 radical (unpaired) electrons. The molecule has 0 saturated carbocycles. The van der Waals surface area contributed by atoms with Gasteiger partial charge < -0.3 is 9.64 Å². The van der Waals surface area contributed by atoms with Gasteiger partial charge in [-0.3, -0.25) is 14.8 Å². The zero-order valence-electron chi connectivity index (χ0n) is 17.1. The van der Waals surface area contributed by atoms with Gasteiger partial charge in [0, 0.05) is 43.5 Å². The summed E-state index contributed by atoms with van der Waals surface area (Å²) in [5.74, 6) is -0.529. The molecule has 3 heterocycles. The largest absolute Gasteiger partial charge is 0.370 e. The van der Waals surface area contributed by atoms with Crippen LogP contribution >= 0.6 is 23.2 Å². The van der Waals surface area contributed by atoms with Crippen LogP contribution < -0.4 is 0 Å². The Labute approximate surface area is 194 Å². The minimum Gasteiger partial charge on any atom is -0.370 e. The van der Waals surface area contributed by atoms with E-state index in [-0.39, 0.29) is 23.1 Å². The molecule has 0 aliphatic carbocycles. The van der Waals surface area contributed by atoms with Crippen molar-refractivity contribution in [1.82, 2.24) is 20.0 Å². The number of hydrogen-bond acceptors (Lipinski definition) is 4. The average molecular weight is 475 g/mol. The van der Waals surface area contributed by atoms with Crippen LogP contribution in [0.2, 0.25) is 10.0 Å². The zero-order chi connectivity index (χ0) is 22.2. The fourth-order valence-electron chi connectivity index (χ4n) is 4.37. The lowest BCUT2D eigenvalue weighted by atomic mass is 10.0. The summed E-state index contributed by atoms with van der Waals surface area (Å²) < 4.78 is 19.5. The lowest BCUT2D eigenvalue weighted by Crippen LogP contribution is -2.59. The fraction of sp³-hybridized carbons (Fsp3) is 0.304. The molecular formula is C23H21Cl2FN4O2. The normalized spacial score (nSPS) is 21.4. The van der Waals surface area contributed by atoms with Crippen molar-refractivity contribution in [3.05, 3.63) is 75.8 Å². The van der Waals surface area contributed by atoms with Crippen LogP contribution in [-0.4, -0.2) is 64.7 Å². The van der Waals surface area contributed by atoms with Crippen molar-refractivity contribution in [2.75, 3.05) is 32.8 Å². The second-order valence-corrected chi connectivity index (χ2v) is 8.83. The summed E-state index contributed by atoms with van der Waals surface area (Å²) in [5.41, 5.74) is 2.94. The number of hydrogen-bond donors (Lipinski definition) is 1. The number of ether oxygens (including phenoxy) is 1. The highest BCUT2D eigenvalue weighted by molar-refractivity contribution is 6.36. The summed E-state index contributed by atoms with van der Waals surface area (Å²) >= 11 is 12.5. The van der Waals surface area contributed by atoms with Crippen LogP contribution in [0.5, 0.6) is 0 Å². The highest BCUT2D eigenvalue weighted by atomic mass is 35.5. The number of rotatable bonds is 3. The molecule has 1 aromatic heterocycles. The van der Waals surface area contributed by atoms with E-state index in [2.05, 4.69) is 15.1 Å². The van der Waals surface area contributed by atoms with Gasteiger partial charge in [0.15, 0.2) is 0 Å². The van der Waals surface area contributed by atoms with E-state index in [1.54, 1.807) is 30.6 Å². The molecule has 2 atom stereocenters. The predicted octanol–water partition coefficient (Wildman–Crippen LogP) is 4.42. The van der Waals surface area contributed by atoms with Gasteiger partial charge in [-0.05, 0) is 23.8 Å². The van der Waals surface area contributed by atoms with Gasteiger partial charge in [-0.1, -0.05) is 41.4 Å². The van der Waals surface area contributed by atoms with E-state index >= 15 is 0 Å². The van der Waals surface area contributed by atoms with Crippen molar-refractivity contribution in [3.8, 4) is 11.1 Å². The van der Waals surface area contributed by atoms with Crippen LogP contribution in [0.25, 0.3) is 11.1 Å². The monoisotopic (exact) mass is 474 g/mol. The molecule has 2 aliphatic rings. The van der Waals surface area contributed by atoms with Crippen molar-refractivity contribution in [3.63, 3.8) is 0 Å². The topological polar surface area (TPSA) is 61.5 Å². The summed E-state index contributed by atoms with van der Waals surface area (Å²) in [6, 6.07) is 10.3. The van der Waals surface area contributed by atoms with Gasteiger partial charge in [-0.15, -0.1) is 0 Å². The van der Waals surface area contributed by atoms with Crippen LogP contribution in [0.15, 0.2) is 48.8 Å². The highest BCUT2D eigenvalue weighted by Crippen LogP contribution is 2.33. The van der Waals surface area contributed by atoms with Gasteiger partial charge in [0.1, 0.15) is 5.82 Å². The lowest BCUT2D eigenvalue weighted by molar-refractivity contribution is -0.0858. The molecule has 2 saturated heterocycles. The molecule has 2 aromatic carbocycles. The second kappa shape index (κ2) is 8.83. The number of benzene rings is 2. The third-order valence-electron chi connectivity index (χ3n) is 6.14. The molecule has 0 spiro atoms. The van der Waals surface area contributed by atoms with E-state index in [0.717, 1.165) is 23.2 Å². The molecule has 1 N–H and O–H groups in total. The molecule has 32 heavy (non-hydrogen) atoms. The van der Waals surface area contributed by atoms with Crippen LogP contribution in [-0.2, 0) is 4.74 Å². The molecule has 9 heteroatoms. The number of piperazine rings is 1. The number of aromatic amines is 1. The quantitative estimate of drug-likeness (QED) is 0.610. The number of amides is 1. The van der Waals surface area contributed by atoms with Gasteiger partial charge in [-0.2, -0.15) is 5.10 Å². The molecular weight excluding hydrogens is 454 g/mol. The SMILES string of the molecule is O=C(c1cccc(-c2cn[nH]c2)c1Cl)N1CCN2C[C@@H](c3ccc(F)c(Cl)c3)OC[C@@H]2C1. The number of nitrogens with zero attached hydrogens (tertiary/aromatic N) is 3. The summed E-state index contributed by atoms with van der Waals surface area (Å²) in [7, 11) is 0. The van der Waals surface area contributed by atoms with Crippen molar-refractivity contribution in [2.24, 2.45) is 0 Å². The van der Waals surface area contributed by atoms with Crippen molar-refractivity contribution >= 4 is 29.1 Å². The Morgan fingerprint density at radius 2 is 2.06 bits per heavy atom. The van der Waals surface area contributed by atoms with Crippen molar-refractivity contribution in [2.45, 2.75) is 12.1 Å². The summed E-state index contributed by atoms with van der Waals surface area (Å²) in [6.45, 7) is 3.03. The number of nitrogens with one attached hydrogen (secondary N) is 1. The van der Waals surface area contributed by atoms with E-state index in [1.807, 2.05) is 17.0 Å². The highest BCUT2D eigenvalue weighted by Gasteiger charge is 2.36. The minimum absolute atomic E-state index is 0.0903. The van der Waals surface area contributed by atoms with Crippen molar-refractivity contribution in [1.29, 1.82) is 0 Å². The van der Waals surface area contributed by atoms with Gasteiger partial charge in [0.05, 0.1) is 40.6 Å². The Morgan fingerprint density at radius 1 is 1.19 bits per heavy atom. The molecule has 0 bridgehead atoms. The number of carbonyl (C=O) groups is 1. The lowest BCUT2D eigenvalue weighted by Gasteiger charge is -2.46. The average Bonchev–Trinajstić information content (AvgIpc) is 3.34. The van der Waals surface area contributed by atoms with Crippen LogP contribution in [0, 0.1) is 5.82 Å². The van der Waals surface area contributed by atoms with E-state index < -0.39 is 5.82 Å². The Bertz CT molecular complexity index is 1140. The third-order valence-corrected chi connectivity index (χ3v) is 6.83. The molecule has 0 unspecified atom stereocenters. The summed E-state index contributed by atoms with van der Waals surface area (Å²) in [6.07, 6.45) is 3.25. The minimum atomic E-state index is -0.438. The second-order valence-electron chi connectivity index (χ2n) is 8.05. The van der Waals surface area contributed by atoms with Crippen molar-refractivity contribution < 1.29 is 13.9 Å². The number of carbonyl (C=O) groups excluding carboxylic acids is 1. The summed E-state index contributed by atoms with van der Waals surface area (Å²) in [4.78, 5) is 17.4. The first-order valence-corrected chi connectivity index (χ1v) is 11.1. The first-order chi connectivity index (χ1) is 15.5. The van der Waals surface area contributed by atoms with Crippen LogP contribution in [0.4, 0.5) is 4.39 Å². The standard InChI is InChI=1S/C23H21Cl2FN4O2/c24-19-8-14(4-5-20(19)26)21-12-29-6-7-30(11-16(29)13-32-21)23(31)18-3-1-2-17(22(18)25)15-9-27-28-10-15/h1-5,8-10,16,21H,6-7,11-13H2,(H,27,28)/t16-,21-/m0/s1. The third kappa shape index (κ3) is 4.01. The van der Waals surface area contributed by atoms with E-state index in [0.29, 0.717) is 36.8 Å². The zero-order valence-corrected chi connectivity index (χ0v) is 18.6. The maximum Gasteiger partial charge on any atom is 0.255 e. The van der Waals surface area contributed by atoms with Gasteiger partial charge in [0.25, 0.3) is 5.91 Å². The Balaban J connectivity index is 1.28. The number of aromatic nitrogens is 2. The van der Waals surface area contributed by atoms with E-state index in [4.69, 9.17) is 27.9 Å². The van der Waals surface area contributed by atoms with E-state index in [9.17, 15) is 9.18 Å². The van der Waals surface area contributed by atoms with Gasteiger partial charge >= 0.3 is 0 Å². The number of morpholine rings is 1. The molecule has 5 rings (SSSR count). The van der Waals surface area contributed by atoms with Crippen LogP contribution in [0.1, 0.15) is 22.0 Å². The first-order valence-electron chi connectivity index (χ1n) is 10.4. The van der Waals surface area contributed by atoms with Gasteiger partial charge in [0.2, 0.25) is 0 Å². The Hall–Kier alpha value is -2.45. The smallest absolute Gasteiger partial charge is 0.255 e. The number of fused-ring (bicyclic) bond motifs is 1. The maximum atomic E-state index is 13.5. The molecule has 6 nitrogen and oxygen atoms in total. The molecule has 166 valence electrons. The first kappa shape index (κ1) is 21.4. The fourth-order valence-corrected chi connectivity index (χ4v) is 4.88. The number of H-pyrrole nitrogens is 1. The van der Waals surface area contributed by atoms with Gasteiger partial charge in [-0.25, -0.2) is 4.39 Å². The molecule has 1 amide bonds. The molecule has 2 fully saturated rings. The predicted molar refractivity (Wildman–Crippen MR) is 120 cm³/mol. The summed E-state index contributed by atoms with van der Waals surface area (Å²) in [5, 5.41) is 7.25. The maximum absolute atomic E-state index is 13.5. The Kier molecular flexibility index (Phi) is 5.90. The molecule has 2 aliphatic heterocycles. The van der Waals surface area contributed by atoms with E-state index in [1.165, 1.54) is 6.07 Å². The van der Waals surface area contributed by atoms with Crippen LogP contribution in [0.3, 0.4) is 0 Å². The Morgan fingerprint density at radius 3 is 2.84 bits per heavy atom. The number of halogens is 3.